The summed E-state index contributed by atoms with van der Waals surface area (Å²) in [6.45, 7) is 0. The zero-order valence-corrected chi connectivity index (χ0v) is 10.8. The molecule has 1 aliphatic heterocycles. The smallest absolute Gasteiger partial charge is 0.119 e. The maximum absolute atomic E-state index is 4.21. The van der Waals surface area contributed by atoms with Gasteiger partial charge in [0, 0.05) is 0 Å². The molecule has 18 heavy (non-hydrogen) atoms. The van der Waals surface area contributed by atoms with Crippen molar-refractivity contribution in [1.29, 1.82) is 0 Å². The van der Waals surface area contributed by atoms with Crippen LogP contribution in [0.4, 0.5) is 11.4 Å². The lowest BCUT2D eigenvalue weighted by molar-refractivity contribution is 0.540. The Morgan fingerprint density at radius 1 is 0.889 bits per heavy atom. The van der Waals surface area contributed by atoms with Crippen molar-refractivity contribution in [3.63, 3.8) is 0 Å². The topological polar surface area (TPSA) is 38.8 Å². The molecule has 1 fully saturated rings. The van der Waals surface area contributed by atoms with Gasteiger partial charge in [-0.3, -0.25) is 0 Å². The van der Waals surface area contributed by atoms with Gasteiger partial charge in [-0.1, -0.05) is 50.7 Å². The molecular weight excluding hydrogens is 222 g/mol. The van der Waals surface area contributed by atoms with Gasteiger partial charge in [0.15, 0.2) is 0 Å². The monoisotopic (exact) mass is 242 g/mol. The van der Waals surface area contributed by atoms with Crippen LogP contribution in [-0.2, 0) is 0 Å². The maximum Gasteiger partial charge on any atom is 0.119 e. The number of benzene rings is 1. The van der Waals surface area contributed by atoms with Crippen LogP contribution in [0.2, 0.25) is 0 Å². The van der Waals surface area contributed by atoms with Gasteiger partial charge in [0.2, 0.25) is 0 Å². The highest BCUT2D eigenvalue weighted by atomic mass is 15.5. The van der Waals surface area contributed by atoms with Crippen LogP contribution in [0.15, 0.2) is 28.5 Å². The van der Waals surface area contributed by atoms with Crippen LogP contribution in [0.1, 0.15) is 62.8 Å². The van der Waals surface area contributed by atoms with E-state index < -0.39 is 0 Å². The predicted molar refractivity (Wildman–Crippen MR) is 72.4 cm³/mol. The zero-order chi connectivity index (χ0) is 12.2. The first-order valence-corrected chi connectivity index (χ1v) is 7.20. The van der Waals surface area contributed by atoms with Gasteiger partial charge >= 0.3 is 0 Å². The molecule has 0 N–H and O–H groups in total. The van der Waals surface area contributed by atoms with Crippen LogP contribution in [0.25, 0.3) is 0 Å². The van der Waals surface area contributed by atoms with Crippen molar-refractivity contribution in [2.45, 2.75) is 57.3 Å². The molecule has 1 aliphatic carbocycles. The van der Waals surface area contributed by atoms with Crippen LogP contribution in [0.3, 0.4) is 0 Å². The third-order valence-corrected chi connectivity index (χ3v) is 4.14. The van der Waals surface area contributed by atoms with Gasteiger partial charge < -0.3 is 0 Å². The molecule has 0 aromatic heterocycles. The highest BCUT2D eigenvalue weighted by Crippen LogP contribution is 2.41. The molecular formula is C15H20N3. The van der Waals surface area contributed by atoms with Crippen molar-refractivity contribution in [1.82, 2.24) is 5.43 Å². The maximum atomic E-state index is 4.21. The van der Waals surface area contributed by atoms with Crippen molar-refractivity contribution in [2.24, 2.45) is 10.3 Å². The summed E-state index contributed by atoms with van der Waals surface area (Å²) in [4.78, 5) is 0. The molecule has 2 aliphatic rings. The summed E-state index contributed by atoms with van der Waals surface area (Å²) in [5.74, 6) is 0.658. The second-order valence-corrected chi connectivity index (χ2v) is 5.40. The van der Waals surface area contributed by atoms with Gasteiger partial charge in [0.05, 0.1) is 0 Å². The first kappa shape index (κ1) is 11.7. The molecule has 0 atom stereocenters. The summed E-state index contributed by atoms with van der Waals surface area (Å²) < 4.78 is 0. The molecule has 3 heteroatoms. The Labute approximate surface area is 109 Å². The fraction of sp³-hybridized carbons (Fsp3) is 0.600. The van der Waals surface area contributed by atoms with Crippen molar-refractivity contribution in [3.05, 3.63) is 23.8 Å². The molecule has 1 heterocycles. The van der Waals surface area contributed by atoms with Gasteiger partial charge in [-0.05, 0) is 35.6 Å². The number of hydrogen-bond acceptors (Lipinski definition) is 2. The summed E-state index contributed by atoms with van der Waals surface area (Å²) in [7, 11) is 0. The van der Waals surface area contributed by atoms with E-state index in [4.69, 9.17) is 0 Å². The Morgan fingerprint density at radius 3 is 2.39 bits per heavy atom. The zero-order valence-electron chi connectivity index (χ0n) is 10.8. The first-order valence-electron chi connectivity index (χ1n) is 7.20. The van der Waals surface area contributed by atoms with Crippen LogP contribution in [-0.4, -0.2) is 0 Å². The summed E-state index contributed by atoms with van der Waals surface area (Å²) in [5, 5.41) is 8.03. The Hall–Kier alpha value is -1.38. The number of rotatable bonds is 1. The average molecular weight is 242 g/mol. The lowest BCUT2D eigenvalue weighted by atomic mass is 9.88. The molecule has 0 unspecified atom stereocenters. The van der Waals surface area contributed by atoms with Gasteiger partial charge in [-0.15, -0.1) is 10.5 Å². The highest BCUT2D eigenvalue weighted by Gasteiger charge is 2.21. The molecule has 0 spiro atoms. The van der Waals surface area contributed by atoms with E-state index in [-0.39, 0.29) is 0 Å². The summed E-state index contributed by atoms with van der Waals surface area (Å²) in [5.41, 5.74) is 7.43. The first-order chi connectivity index (χ1) is 8.95. The highest BCUT2D eigenvalue weighted by molar-refractivity contribution is 5.67. The van der Waals surface area contributed by atoms with E-state index >= 15 is 0 Å². The Bertz CT molecular complexity index is 429. The molecule has 1 radical (unpaired) electrons. The quantitative estimate of drug-likeness (QED) is 0.653. The molecule has 95 valence electrons. The fourth-order valence-corrected chi connectivity index (χ4v) is 3.13. The number of fused-ring (bicyclic) bond motifs is 1. The number of nitrogens with zero attached hydrogens (tertiary/aromatic N) is 3. The van der Waals surface area contributed by atoms with Gasteiger partial charge in [0.1, 0.15) is 11.4 Å². The Morgan fingerprint density at radius 2 is 1.61 bits per heavy atom. The minimum Gasteiger partial charge on any atom is -0.128 e. The number of hydrogen-bond donors (Lipinski definition) is 0. The van der Waals surface area contributed by atoms with Crippen molar-refractivity contribution in [3.8, 4) is 0 Å². The second-order valence-electron chi connectivity index (χ2n) is 5.40. The third-order valence-electron chi connectivity index (χ3n) is 4.14. The van der Waals surface area contributed by atoms with Gasteiger partial charge in [-0.2, -0.15) is 0 Å². The van der Waals surface area contributed by atoms with Crippen LogP contribution in [0.5, 0.6) is 0 Å². The molecule has 3 rings (SSSR count). The van der Waals surface area contributed by atoms with E-state index in [2.05, 4.69) is 27.9 Å². The molecule has 1 aromatic rings. The Kier molecular flexibility index (Phi) is 3.58. The van der Waals surface area contributed by atoms with Crippen LogP contribution in [0, 0.1) is 0 Å². The normalized spacial score (nSPS) is 20.7. The molecule has 1 saturated carbocycles. The van der Waals surface area contributed by atoms with Crippen molar-refractivity contribution in [2.75, 3.05) is 0 Å². The standard InChI is InChI=1S/C15H20N3/c1-2-4-6-9-12(8-5-3-1)13-10-7-11-14-15(13)17-18-16-14/h7,10-12H,1-6,8-9H2. The molecule has 3 nitrogen and oxygen atoms in total. The van der Waals surface area contributed by atoms with Crippen molar-refractivity contribution < 1.29 is 0 Å². The lowest BCUT2D eigenvalue weighted by Crippen LogP contribution is -1.99. The predicted octanol–water partition coefficient (Wildman–Crippen LogP) is 5.15. The van der Waals surface area contributed by atoms with E-state index in [0.29, 0.717) is 5.92 Å². The van der Waals surface area contributed by atoms with Crippen LogP contribution >= 0.6 is 0 Å². The van der Waals surface area contributed by atoms with Gasteiger partial charge in [-0.25, -0.2) is 0 Å². The van der Waals surface area contributed by atoms with E-state index in [1.54, 1.807) is 0 Å². The molecule has 1 aromatic carbocycles. The second kappa shape index (κ2) is 5.51. The third kappa shape index (κ3) is 2.40. The average Bonchev–Trinajstić information content (AvgIpc) is 2.91. The van der Waals surface area contributed by atoms with Crippen LogP contribution < -0.4 is 5.43 Å². The van der Waals surface area contributed by atoms with E-state index in [1.165, 1.54) is 56.9 Å². The molecule has 0 amide bonds. The summed E-state index contributed by atoms with van der Waals surface area (Å²) >= 11 is 0. The Balaban J connectivity index is 1.83. The fourth-order valence-electron chi connectivity index (χ4n) is 3.13. The minimum absolute atomic E-state index is 0.658. The summed E-state index contributed by atoms with van der Waals surface area (Å²) in [6, 6.07) is 6.33. The molecule has 0 saturated heterocycles. The molecule has 0 bridgehead atoms. The van der Waals surface area contributed by atoms with Gasteiger partial charge in [0.25, 0.3) is 0 Å². The SMILES string of the molecule is c1cc2c(c(C3CCCCCCCC3)c1)N=N[N]2. The van der Waals surface area contributed by atoms with E-state index in [9.17, 15) is 0 Å². The summed E-state index contributed by atoms with van der Waals surface area (Å²) in [6.07, 6.45) is 10.9. The largest absolute Gasteiger partial charge is 0.128 e. The van der Waals surface area contributed by atoms with Crippen molar-refractivity contribution >= 4 is 11.4 Å². The lowest BCUT2D eigenvalue weighted by Gasteiger charge is -2.17. The minimum atomic E-state index is 0.658. The van der Waals surface area contributed by atoms with E-state index in [0.717, 1.165) is 11.4 Å². The van der Waals surface area contributed by atoms with E-state index in [1.807, 2.05) is 6.07 Å².